The first-order valence-electron chi connectivity index (χ1n) is 3.73. The maximum atomic E-state index is 5.57. The molecular weight excluding hydrogens is 159 g/mol. The summed E-state index contributed by atoms with van der Waals surface area (Å²) >= 11 is 0. The second-order valence-corrected chi connectivity index (χ2v) is 3.45. The molecule has 1 radical (unpaired) electrons. The van der Waals surface area contributed by atoms with Gasteiger partial charge in [0.1, 0.15) is 11.4 Å². The first-order chi connectivity index (χ1) is 5.08. The number of ether oxygens (including phenoxy) is 1. The molecule has 0 N–H and O–H groups in total. The quantitative estimate of drug-likeness (QED) is 0.590. The second-order valence-electron chi connectivity index (χ2n) is 3.45. The van der Waals surface area contributed by atoms with Gasteiger partial charge in [-0.05, 0) is 39.0 Å². The molecule has 0 fully saturated rings. The van der Waals surface area contributed by atoms with Gasteiger partial charge >= 0.3 is 29.6 Å². The van der Waals surface area contributed by atoms with Crippen LogP contribution in [0.2, 0.25) is 0 Å². The van der Waals surface area contributed by atoms with Gasteiger partial charge in [0, 0.05) is 0 Å². The van der Waals surface area contributed by atoms with Crippen molar-refractivity contribution in [2.75, 3.05) is 0 Å². The van der Waals surface area contributed by atoms with Crippen LogP contribution in [0, 0.1) is 6.07 Å². The predicted octanol–water partition coefficient (Wildman–Crippen LogP) is 2.02. The summed E-state index contributed by atoms with van der Waals surface area (Å²) in [5, 5.41) is 0. The van der Waals surface area contributed by atoms with E-state index in [-0.39, 0.29) is 35.2 Å². The molecule has 12 heavy (non-hydrogen) atoms. The first-order valence-corrected chi connectivity index (χ1v) is 3.73. The summed E-state index contributed by atoms with van der Waals surface area (Å²) in [5.74, 6) is 0.875. The minimum atomic E-state index is -0.116. The Balaban J connectivity index is 0.00000121. The number of benzene rings is 1. The zero-order valence-corrected chi connectivity index (χ0v) is 7.22. The van der Waals surface area contributed by atoms with Gasteiger partial charge in [0.15, 0.2) is 0 Å². The molecule has 0 aliphatic heterocycles. The standard InChI is InChI=1S/C10H13O.Na.H/c1-10(2,3)11-9-7-5-4-6-8-9;;/h4-5,7-8H,1-3H3;;. The van der Waals surface area contributed by atoms with Crippen LogP contribution in [0.25, 0.3) is 0 Å². The second kappa shape index (κ2) is 4.90. The Morgan fingerprint density at radius 2 is 2.00 bits per heavy atom. The molecule has 1 rings (SSSR count). The van der Waals surface area contributed by atoms with Gasteiger partial charge in [0.2, 0.25) is 0 Å². The van der Waals surface area contributed by atoms with Crippen molar-refractivity contribution in [3.05, 3.63) is 30.3 Å². The zero-order valence-electron chi connectivity index (χ0n) is 7.22. The van der Waals surface area contributed by atoms with E-state index in [2.05, 4.69) is 6.07 Å². The van der Waals surface area contributed by atoms with E-state index in [1.165, 1.54) is 0 Å². The third-order valence-electron chi connectivity index (χ3n) is 1.10. The molecule has 0 unspecified atom stereocenters. The van der Waals surface area contributed by atoms with Crippen molar-refractivity contribution >= 4 is 29.6 Å². The SMILES string of the molecule is CC(C)(C)Oc1c[c]ccc1.[NaH]. The van der Waals surface area contributed by atoms with E-state index in [4.69, 9.17) is 4.74 Å². The average molecular weight is 173 g/mol. The molecule has 0 saturated carbocycles. The fourth-order valence-electron chi connectivity index (χ4n) is 0.794. The summed E-state index contributed by atoms with van der Waals surface area (Å²) in [6.45, 7) is 6.08. The van der Waals surface area contributed by atoms with Crippen molar-refractivity contribution in [3.8, 4) is 5.75 Å². The summed E-state index contributed by atoms with van der Waals surface area (Å²) in [4.78, 5) is 0. The maximum absolute atomic E-state index is 5.57. The molecule has 1 nitrogen and oxygen atoms in total. The van der Waals surface area contributed by atoms with Crippen molar-refractivity contribution in [1.82, 2.24) is 0 Å². The fourth-order valence-corrected chi connectivity index (χ4v) is 0.794. The Morgan fingerprint density at radius 3 is 2.42 bits per heavy atom. The third kappa shape index (κ3) is 4.81. The molecule has 0 aromatic heterocycles. The van der Waals surface area contributed by atoms with Gasteiger partial charge in [-0.2, -0.15) is 0 Å². The van der Waals surface area contributed by atoms with E-state index in [1.54, 1.807) is 0 Å². The zero-order chi connectivity index (χ0) is 8.32. The van der Waals surface area contributed by atoms with Crippen LogP contribution in [-0.2, 0) is 0 Å². The first kappa shape index (κ1) is 12.0. The normalized spacial score (nSPS) is 10.2. The predicted molar refractivity (Wildman–Crippen MR) is 52.8 cm³/mol. The van der Waals surface area contributed by atoms with Gasteiger partial charge in [-0.25, -0.2) is 0 Å². The van der Waals surface area contributed by atoms with Gasteiger partial charge in [0.25, 0.3) is 0 Å². The molecule has 1 aromatic carbocycles. The van der Waals surface area contributed by atoms with Crippen LogP contribution in [0.15, 0.2) is 24.3 Å². The third-order valence-corrected chi connectivity index (χ3v) is 1.10. The van der Waals surface area contributed by atoms with Gasteiger partial charge in [-0.15, -0.1) is 0 Å². The number of hydrogen-bond donors (Lipinski definition) is 0. The Labute approximate surface area is 96.4 Å². The van der Waals surface area contributed by atoms with Crippen LogP contribution in [0.1, 0.15) is 20.8 Å². The van der Waals surface area contributed by atoms with Crippen LogP contribution in [0.5, 0.6) is 5.75 Å². The van der Waals surface area contributed by atoms with E-state index >= 15 is 0 Å². The molecule has 0 aliphatic rings. The number of hydrogen-bond acceptors (Lipinski definition) is 1. The molecule has 0 atom stereocenters. The van der Waals surface area contributed by atoms with Crippen LogP contribution < -0.4 is 4.74 Å². The van der Waals surface area contributed by atoms with Crippen LogP contribution in [0.3, 0.4) is 0 Å². The van der Waals surface area contributed by atoms with Crippen molar-refractivity contribution in [3.63, 3.8) is 0 Å². The molecular formula is C10H14NaO. The molecule has 2 heteroatoms. The molecule has 1 aromatic rings. The van der Waals surface area contributed by atoms with Crippen molar-refractivity contribution in [1.29, 1.82) is 0 Å². The van der Waals surface area contributed by atoms with Gasteiger partial charge in [0.05, 0.1) is 0 Å². The molecule has 0 bridgehead atoms. The fraction of sp³-hybridized carbons (Fsp3) is 0.400. The molecule has 0 amide bonds. The van der Waals surface area contributed by atoms with E-state index in [1.807, 2.05) is 45.0 Å². The van der Waals surface area contributed by atoms with Crippen LogP contribution in [-0.4, -0.2) is 35.2 Å². The van der Waals surface area contributed by atoms with Crippen molar-refractivity contribution < 1.29 is 4.74 Å². The van der Waals surface area contributed by atoms with E-state index in [0.29, 0.717) is 0 Å². The average Bonchev–Trinajstić information content (AvgIpc) is 1.85. The van der Waals surface area contributed by atoms with Crippen LogP contribution in [0.4, 0.5) is 0 Å². The van der Waals surface area contributed by atoms with Gasteiger partial charge < -0.3 is 4.74 Å². The summed E-state index contributed by atoms with van der Waals surface area (Å²) < 4.78 is 5.57. The Morgan fingerprint density at radius 1 is 1.33 bits per heavy atom. The van der Waals surface area contributed by atoms with Gasteiger partial charge in [-0.1, -0.05) is 12.1 Å². The Kier molecular flexibility index (Phi) is 4.91. The summed E-state index contributed by atoms with van der Waals surface area (Å²) in [5.41, 5.74) is -0.116. The van der Waals surface area contributed by atoms with Crippen molar-refractivity contribution in [2.45, 2.75) is 26.4 Å². The molecule has 0 aliphatic carbocycles. The summed E-state index contributed by atoms with van der Waals surface area (Å²) in [6, 6.07) is 10.5. The van der Waals surface area contributed by atoms with Gasteiger partial charge in [-0.3, -0.25) is 0 Å². The summed E-state index contributed by atoms with van der Waals surface area (Å²) in [6.07, 6.45) is 0. The summed E-state index contributed by atoms with van der Waals surface area (Å²) in [7, 11) is 0. The van der Waals surface area contributed by atoms with E-state index in [9.17, 15) is 0 Å². The van der Waals surface area contributed by atoms with Crippen molar-refractivity contribution in [2.24, 2.45) is 0 Å². The molecule has 0 spiro atoms. The molecule has 61 valence electrons. The topological polar surface area (TPSA) is 9.23 Å². The molecule has 0 saturated heterocycles. The van der Waals surface area contributed by atoms with E-state index in [0.717, 1.165) is 5.75 Å². The molecule has 0 heterocycles. The van der Waals surface area contributed by atoms with E-state index < -0.39 is 0 Å². The van der Waals surface area contributed by atoms with Crippen LogP contribution >= 0.6 is 0 Å². The minimum absolute atomic E-state index is 0. The monoisotopic (exact) mass is 173 g/mol. The Hall–Kier alpha value is 0.0200. The Bertz CT molecular complexity index is 213. The number of rotatable bonds is 1.